The molecule has 1 aromatic carbocycles. The lowest BCUT2D eigenvalue weighted by atomic mass is 9.69. The van der Waals surface area contributed by atoms with Gasteiger partial charge in [0, 0.05) is 0 Å². The molecule has 2 aliphatic rings. The van der Waals surface area contributed by atoms with E-state index < -0.39 is 29.2 Å². The van der Waals surface area contributed by atoms with E-state index in [1.807, 2.05) is 0 Å². The summed E-state index contributed by atoms with van der Waals surface area (Å²) >= 11 is 0. The molecule has 0 bridgehead atoms. The number of halogens is 3. The van der Waals surface area contributed by atoms with E-state index >= 15 is 0 Å². The highest BCUT2D eigenvalue weighted by Crippen LogP contribution is 2.42. The summed E-state index contributed by atoms with van der Waals surface area (Å²) in [6, 6.07) is 1.73. The Hall–Kier alpha value is -1.52. The lowest BCUT2D eigenvalue weighted by Gasteiger charge is -2.37. The molecule has 0 N–H and O–H groups in total. The van der Waals surface area contributed by atoms with Crippen molar-refractivity contribution in [3.63, 3.8) is 0 Å². The number of benzene rings is 1. The summed E-state index contributed by atoms with van der Waals surface area (Å²) in [4.78, 5) is 12.3. The molecule has 0 atom stereocenters. The highest BCUT2D eigenvalue weighted by atomic mass is 19.2. The molecule has 5 heteroatoms. The van der Waals surface area contributed by atoms with E-state index in [1.54, 1.807) is 0 Å². The Bertz CT molecular complexity index is 645. The van der Waals surface area contributed by atoms with Crippen molar-refractivity contribution >= 4 is 5.97 Å². The van der Waals surface area contributed by atoms with Crippen molar-refractivity contribution in [2.45, 2.75) is 71.1 Å². The average molecular weight is 382 g/mol. The first kappa shape index (κ1) is 20.2. The number of ether oxygens (including phenoxy) is 1. The predicted octanol–water partition coefficient (Wildman–Crippen LogP) is 6.42. The molecule has 150 valence electrons. The van der Waals surface area contributed by atoms with Crippen molar-refractivity contribution in [1.82, 2.24) is 0 Å². The van der Waals surface area contributed by atoms with E-state index in [0.29, 0.717) is 5.92 Å². The lowest BCUT2D eigenvalue weighted by molar-refractivity contribution is -0.140. The summed E-state index contributed by atoms with van der Waals surface area (Å²) in [5.41, 5.74) is 0. The van der Waals surface area contributed by atoms with Crippen LogP contribution in [-0.2, 0) is 4.79 Å². The first-order valence-corrected chi connectivity index (χ1v) is 10.3. The maximum absolute atomic E-state index is 13.7. The average Bonchev–Trinajstić information content (AvgIpc) is 2.69. The first-order valence-electron chi connectivity index (χ1n) is 10.3. The van der Waals surface area contributed by atoms with Gasteiger partial charge in [-0.15, -0.1) is 0 Å². The highest BCUT2D eigenvalue weighted by molar-refractivity contribution is 5.75. The van der Waals surface area contributed by atoms with Gasteiger partial charge < -0.3 is 4.74 Å². The second-order valence-electron chi connectivity index (χ2n) is 8.28. The minimum Gasteiger partial charge on any atom is -0.423 e. The van der Waals surface area contributed by atoms with E-state index in [-0.39, 0.29) is 5.92 Å². The van der Waals surface area contributed by atoms with Crippen molar-refractivity contribution in [1.29, 1.82) is 0 Å². The van der Waals surface area contributed by atoms with Crippen LogP contribution in [0.4, 0.5) is 13.2 Å². The number of carbonyl (C=O) groups excluding carboxylic acids is 1. The van der Waals surface area contributed by atoms with Gasteiger partial charge in [-0.3, -0.25) is 4.79 Å². The first-order chi connectivity index (χ1) is 13.0. The molecule has 0 spiro atoms. The Morgan fingerprint density at radius 1 is 0.926 bits per heavy atom. The largest absolute Gasteiger partial charge is 0.423 e. The van der Waals surface area contributed by atoms with Gasteiger partial charge in [0.25, 0.3) is 0 Å². The highest BCUT2D eigenvalue weighted by Gasteiger charge is 2.34. The Balaban J connectivity index is 1.48. The van der Waals surface area contributed by atoms with Crippen LogP contribution in [0.2, 0.25) is 0 Å². The SMILES string of the molecule is CCCC1CCC(C2CCC(C(=O)Oc3ccc(F)c(F)c3F)CC2)CC1. The van der Waals surface area contributed by atoms with Crippen LogP contribution in [0.1, 0.15) is 71.1 Å². The van der Waals surface area contributed by atoms with E-state index in [1.165, 1.54) is 38.5 Å². The molecule has 2 nitrogen and oxygen atoms in total. The predicted molar refractivity (Wildman–Crippen MR) is 97.8 cm³/mol. The van der Waals surface area contributed by atoms with E-state index in [4.69, 9.17) is 4.74 Å². The molecule has 0 heterocycles. The Kier molecular flexibility index (Phi) is 6.83. The molecule has 0 saturated heterocycles. The number of rotatable bonds is 5. The zero-order chi connectivity index (χ0) is 19.4. The van der Waals surface area contributed by atoms with Crippen molar-refractivity contribution in [2.75, 3.05) is 0 Å². The van der Waals surface area contributed by atoms with E-state index in [9.17, 15) is 18.0 Å². The van der Waals surface area contributed by atoms with Gasteiger partial charge in [-0.25, -0.2) is 8.78 Å². The number of carbonyl (C=O) groups is 1. The summed E-state index contributed by atoms with van der Waals surface area (Å²) in [7, 11) is 0. The van der Waals surface area contributed by atoms with Gasteiger partial charge in [-0.05, 0) is 68.4 Å². The van der Waals surface area contributed by atoms with Gasteiger partial charge in [-0.2, -0.15) is 4.39 Å². The zero-order valence-electron chi connectivity index (χ0n) is 16.0. The Morgan fingerprint density at radius 2 is 1.52 bits per heavy atom. The maximum Gasteiger partial charge on any atom is 0.314 e. The third-order valence-electron chi connectivity index (χ3n) is 6.57. The molecular weight excluding hydrogens is 353 g/mol. The van der Waals surface area contributed by atoms with Crippen LogP contribution < -0.4 is 4.74 Å². The van der Waals surface area contributed by atoms with Crippen molar-refractivity contribution < 1.29 is 22.7 Å². The summed E-state index contributed by atoms with van der Waals surface area (Å²) in [6.07, 6.45) is 11.3. The fraction of sp³-hybridized carbons (Fsp3) is 0.682. The molecular formula is C22H29F3O2. The van der Waals surface area contributed by atoms with Crippen molar-refractivity contribution in [3.8, 4) is 5.75 Å². The molecule has 27 heavy (non-hydrogen) atoms. The molecule has 3 rings (SSSR count). The van der Waals surface area contributed by atoms with Crippen LogP contribution in [0.3, 0.4) is 0 Å². The topological polar surface area (TPSA) is 26.3 Å². The summed E-state index contributed by atoms with van der Waals surface area (Å²) in [6.45, 7) is 2.25. The maximum atomic E-state index is 13.7. The minimum absolute atomic E-state index is 0.287. The summed E-state index contributed by atoms with van der Waals surface area (Å²) in [5.74, 6) is -3.38. The van der Waals surface area contributed by atoms with Crippen LogP contribution in [0, 0.1) is 41.1 Å². The smallest absolute Gasteiger partial charge is 0.314 e. The van der Waals surface area contributed by atoms with Crippen LogP contribution in [-0.4, -0.2) is 5.97 Å². The van der Waals surface area contributed by atoms with Crippen LogP contribution in [0.5, 0.6) is 5.75 Å². The third-order valence-corrected chi connectivity index (χ3v) is 6.57. The normalized spacial score (nSPS) is 28.7. The van der Waals surface area contributed by atoms with Crippen LogP contribution >= 0.6 is 0 Å². The van der Waals surface area contributed by atoms with Gasteiger partial charge >= 0.3 is 5.97 Å². The molecule has 0 unspecified atom stereocenters. The van der Waals surface area contributed by atoms with Gasteiger partial charge in [0.2, 0.25) is 5.82 Å². The van der Waals surface area contributed by atoms with Crippen LogP contribution in [0.15, 0.2) is 12.1 Å². The standard InChI is InChI=1S/C22H29F3O2/c1-2-3-14-4-6-15(7-5-14)16-8-10-17(11-9-16)22(26)27-19-13-12-18(23)20(24)21(19)25/h12-17H,2-11H2,1H3. The van der Waals surface area contributed by atoms with Gasteiger partial charge in [-0.1, -0.05) is 32.6 Å². The summed E-state index contributed by atoms with van der Waals surface area (Å²) < 4.78 is 45.0. The molecule has 2 aliphatic carbocycles. The molecule has 2 fully saturated rings. The van der Waals surface area contributed by atoms with E-state index in [0.717, 1.165) is 49.7 Å². The second kappa shape index (κ2) is 9.11. The lowest BCUT2D eigenvalue weighted by Crippen LogP contribution is -2.30. The minimum atomic E-state index is -1.61. The zero-order valence-corrected chi connectivity index (χ0v) is 16.0. The third kappa shape index (κ3) is 4.85. The molecule has 0 radical (unpaired) electrons. The van der Waals surface area contributed by atoms with E-state index in [2.05, 4.69) is 6.92 Å². The molecule has 0 aromatic heterocycles. The van der Waals surface area contributed by atoms with Gasteiger partial charge in [0.05, 0.1) is 5.92 Å². The quantitative estimate of drug-likeness (QED) is 0.334. The molecule has 0 amide bonds. The van der Waals surface area contributed by atoms with Gasteiger partial charge in [0.1, 0.15) is 0 Å². The molecule has 1 aromatic rings. The Labute approximate surface area is 159 Å². The molecule has 0 aliphatic heterocycles. The number of hydrogen-bond acceptors (Lipinski definition) is 2. The second-order valence-corrected chi connectivity index (χ2v) is 8.28. The molecule has 2 saturated carbocycles. The van der Waals surface area contributed by atoms with Crippen LogP contribution in [0.25, 0.3) is 0 Å². The van der Waals surface area contributed by atoms with Gasteiger partial charge in [0.15, 0.2) is 17.4 Å². The number of hydrogen-bond donors (Lipinski definition) is 0. The summed E-state index contributed by atoms with van der Waals surface area (Å²) in [5, 5.41) is 0. The van der Waals surface area contributed by atoms with Crippen molar-refractivity contribution in [2.24, 2.45) is 23.7 Å². The monoisotopic (exact) mass is 382 g/mol. The van der Waals surface area contributed by atoms with Crippen molar-refractivity contribution in [3.05, 3.63) is 29.6 Å². The number of esters is 1. The Morgan fingerprint density at radius 3 is 2.11 bits per heavy atom. The fourth-order valence-corrected chi connectivity index (χ4v) is 4.96. The fourth-order valence-electron chi connectivity index (χ4n) is 4.96.